The van der Waals surface area contributed by atoms with Crippen molar-refractivity contribution in [1.82, 2.24) is 14.3 Å². The number of nitrogens with zero attached hydrogens (tertiary/aromatic N) is 3. The molecule has 2 aromatic rings. The van der Waals surface area contributed by atoms with E-state index >= 15 is 0 Å². The summed E-state index contributed by atoms with van der Waals surface area (Å²) in [4.78, 5) is 31.6. The molecule has 0 spiro atoms. The maximum Gasteiger partial charge on any atom is 0.267 e. The Kier molecular flexibility index (Phi) is 5.16. The molecule has 0 unspecified atom stereocenters. The van der Waals surface area contributed by atoms with Gasteiger partial charge >= 0.3 is 0 Å². The minimum atomic E-state index is -0.298. The Morgan fingerprint density at radius 3 is 2.88 bits per heavy atom. The highest BCUT2D eigenvalue weighted by molar-refractivity contribution is 8.26. The van der Waals surface area contributed by atoms with Crippen LogP contribution in [0.25, 0.3) is 11.7 Å². The number of thiocarbonyl (C=S) groups is 1. The minimum Gasteiger partial charge on any atom is -0.395 e. The molecular weight excluding hydrogens is 360 g/mol. The van der Waals surface area contributed by atoms with Crippen LogP contribution in [0.15, 0.2) is 34.1 Å². The third kappa shape index (κ3) is 3.30. The summed E-state index contributed by atoms with van der Waals surface area (Å²) in [7, 11) is 0. The van der Waals surface area contributed by atoms with Gasteiger partial charge in [0.15, 0.2) is 0 Å². The topological polar surface area (TPSA) is 86.9 Å². The molecule has 3 rings (SSSR count). The van der Waals surface area contributed by atoms with E-state index in [0.717, 1.165) is 11.8 Å². The number of aliphatic hydroxyl groups excluding tert-OH is 1. The number of aliphatic hydroxyl groups is 1. The first-order valence-electron chi connectivity index (χ1n) is 7.68. The van der Waals surface area contributed by atoms with Crippen molar-refractivity contribution >= 4 is 51.7 Å². The lowest BCUT2D eigenvalue weighted by Gasteiger charge is -2.11. The second-order valence-corrected chi connectivity index (χ2v) is 6.86. The highest BCUT2D eigenvalue weighted by Crippen LogP contribution is 2.32. The van der Waals surface area contributed by atoms with Crippen LogP contribution in [-0.4, -0.2) is 49.3 Å². The first-order chi connectivity index (χ1) is 12.1. The normalized spacial score (nSPS) is 16.2. The third-order valence-electron chi connectivity index (χ3n) is 3.64. The summed E-state index contributed by atoms with van der Waals surface area (Å²) in [5.41, 5.74) is 0.438. The van der Waals surface area contributed by atoms with Crippen molar-refractivity contribution in [2.75, 3.05) is 25.0 Å². The highest BCUT2D eigenvalue weighted by atomic mass is 32.2. The first kappa shape index (κ1) is 17.6. The quantitative estimate of drug-likeness (QED) is 0.601. The lowest BCUT2D eigenvalue weighted by molar-refractivity contribution is -0.121. The predicted molar refractivity (Wildman–Crippen MR) is 103 cm³/mol. The fraction of sp³-hybridized carbons (Fsp3) is 0.250. The van der Waals surface area contributed by atoms with Gasteiger partial charge in [-0.05, 0) is 25.1 Å². The van der Waals surface area contributed by atoms with E-state index < -0.39 is 0 Å². The van der Waals surface area contributed by atoms with E-state index in [-0.39, 0.29) is 30.2 Å². The molecule has 0 saturated carbocycles. The van der Waals surface area contributed by atoms with Gasteiger partial charge in [0.2, 0.25) is 0 Å². The summed E-state index contributed by atoms with van der Waals surface area (Å²) in [6.07, 6.45) is 3.14. The Bertz CT molecular complexity index is 939. The number of pyridine rings is 1. The molecule has 25 heavy (non-hydrogen) atoms. The van der Waals surface area contributed by atoms with Crippen LogP contribution in [0.1, 0.15) is 12.5 Å². The maximum absolute atomic E-state index is 12.8. The molecule has 0 atom stereocenters. The van der Waals surface area contributed by atoms with Crippen LogP contribution < -0.4 is 10.9 Å². The molecule has 2 aromatic heterocycles. The number of likely N-dealkylation sites (N-methyl/N-ethyl adjacent to an activating group) is 1. The molecule has 0 aliphatic carbocycles. The lowest BCUT2D eigenvalue weighted by Crippen LogP contribution is -2.27. The number of amides is 1. The molecule has 1 fully saturated rings. The molecule has 1 aliphatic heterocycles. The van der Waals surface area contributed by atoms with Gasteiger partial charge < -0.3 is 10.4 Å². The zero-order valence-corrected chi connectivity index (χ0v) is 15.1. The standard InChI is InChI=1S/C16H16N4O3S2/c1-2-19-15(23)11(25-16(19)24)9-10-13(17-6-8-21)18-12-5-3-4-7-20(12)14(10)22/h3-5,7,9,17,21H,2,6,8H2,1H3. The van der Waals surface area contributed by atoms with Crippen LogP contribution in [0.3, 0.4) is 0 Å². The van der Waals surface area contributed by atoms with Crippen LogP contribution in [0.5, 0.6) is 0 Å². The summed E-state index contributed by atoms with van der Waals surface area (Å²) in [6.45, 7) is 2.46. The molecule has 1 saturated heterocycles. The number of aromatic nitrogens is 2. The average molecular weight is 376 g/mol. The number of hydrogen-bond donors (Lipinski definition) is 2. The number of fused-ring (bicyclic) bond motifs is 1. The Hall–Kier alpha value is -2.23. The Morgan fingerprint density at radius 1 is 1.40 bits per heavy atom. The molecule has 0 aromatic carbocycles. The van der Waals surface area contributed by atoms with E-state index in [4.69, 9.17) is 17.3 Å². The van der Waals surface area contributed by atoms with Gasteiger partial charge in [-0.1, -0.05) is 30.0 Å². The van der Waals surface area contributed by atoms with E-state index in [0.29, 0.717) is 27.2 Å². The molecule has 130 valence electrons. The summed E-state index contributed by atoms with van der Waals surface area (Å²) >= 11 is 6.37. The lowest BCUT2D eigenvalue weighted by atomic mass is 10.2. The van der Waals surface area contributed by atoms with Crippen molar-refractivity contribution in [3.05, 3.63) is 45.2 Å². The number of carbonyl (C=O) groups is 1. The van der Waals surface area contributed by atoms with Crippen molar-refractivity contribution < 1.29 is 9.90 Å². The summed E-state index contributed by atoms with van der Waals surface area (Å²) < 4.78 is 1.88. The van der Waals surface area contributed by atoms with E-state index in [1.807, 2.05) is 6.92 Å². The van der Waals surface area contributed by atoms with Crippen LogP contribution in [0.4, 0.5) is 5.82 Å². The number of thioether (sulfide) groups is 1. The monoisotopic (exact) mass is 376 g/mol. The zero-order chi connectivity index (χ0) is 18.0. The number of anilines is 1. The van der Waals surface area contributed by atoms with Gasteiger partial charge in [-0.15, -0.1) is 0 Å². The van der Waals surface area contributed by atoms with E-state index in [2.05, 4.69) is 10.3 Å². The smallest absolute Gasteiger partial charge is 0.267 e. The highest BCUT2D eigenvalue weighted by Gasteiger charge is 2.31. The molecule has 7 nitrogen and oxygen atoms in total. The molecule has 0 bridgehead atoms. The zero-order valence-electron chi connectivity index (χ0n) is 13.4. The molecule has 0 radical (unpaired) electrons. The molecular formula is C16H16N4O3S2. The molecule has 2 N–H and O–H groups in total. The summed E-state index contributed by atoms with van der Waals surface area (Å²) in [6, 6.07) is 5.23. The van der Waals surface area contributed by atoms with Crippen LogP contribution >= 0.6 is 24.0 Å². The largest absolute Gasteiger partial charge is 0.395 e. The summed E-state index contributed by atoms with van der Waals surface area (Å²) in [5.74, 6) is 0.107. The van der Waals surface area contributed by atoms with Crippen molar-refractivity contribution in [2.24, 2.45) is 0 Å². The number of carbonyl (C=O) groups excluding carboxylic acids is 1. The van der Waals surface area contributed by atoms with Crippen molar-refractivity contribution in [2.45, 2.75) is 6.92 Å². The molecule has 1 amide bonds. The minimum absolute atomic E-state index is 0.104. The Balaban J connectivity index is 2.15. The van der Waals surface area contributed by atoms with Gasteiger partial charge in [0.1, 0.15) is 15.8 Å². The third-order valence-corrected chi connectivity index (χ3v) is 5.02. The molecule has 9 heteroatoms. The van der Waals surface area contributed by atoms with Gasteiger partial charge in [0.05, 0.1) is 17.1 Å². The number of nitrogens with one attached hydrogen (secondary N) is 1. The predicted octanol–water partition coefficient (Wildman–Crippen LogP) is 1.32. The van der Waals surface area contributed by atoms with Gasteiger partial charge in [-0.2, -0.15) is 0 Å². The molecule has 1 aliphatic rings. The SMILES string of the molecule is CCN1C(=O)C(=Cc2c(NCCO)nc3ccccn3c2=O)SC1=S. The Morgan fingerprint density at radius 2 is 2.20 bits per heavy atom. The number of hydrogen-bond acceptors (Lipinski definition) is 7. The van der Waals surface area contributed by atoms with E-state index in [1.165, 1.54) is 15.4 Å². The molecule has 3 heterocycles. The Labute approximate surface area is 153 Å². The van der Waals surface area contributed by atoms with E-state index in [1.54, 1.807) is 24.4 Å². The number of rotatable bonds is 5. The van der Waals surface area contributed by atoms with Crippen molar-refractivity contribution in [3.63, 3.8) is 0 Å². The van der Waals surface area contributed by atoms with Crippen LogP contribution in [-0.2, 0) is 4.79 Å². The van der Waals surface area contributed by atoms with Gasteiger partial charge in [0, 0.05) is 19.3 Å². The average Bonchev–Trinajstić information content (AvgIpc) is 2.88. The fourth-order valence-electron chi connectivity index (χ4n) is 2.45. The first-order valence-corrected chi connectivity index (χ1v) is 8.90. The summed E-state index contributed by atoms with van der Waals surface area (Å²) in [5, 5.41) is 12.0. The second kappa shape index (κ2) is 7.34. The van der Waals surface area contributed by atoms with Crippen LogP contribution in [0, 0.1) is 0 Å². The van der Waals surface area contributed by atoms with Crippen LogP contribution in [0.2, 0.25) is 0 Å². The van der Waals surface area contributed by atoms with Crippen molar-refractivity contribution in [3.8, 4) is 0 Å². The maximum atomic E-state index is 12.8. The van der Waals surface area contributed by atoms with Crippen molar-refractivity contribution in [1.29, 1.82) is 0 Å². The van der Waals surface area contributed by atoms with Gasteiger partial charge in [-0.3, -0.25) is 18.9 Å². The van der Waals surface area contributed by atoms with E-state index in [9.17, 15) is 9.59 Å². The van der Waals surface area contributed by atoms with Gasteiger partial charge in [-0.25, -0.2) is 4.98 Å². The van der Waals surface area contributed by atoms with Gasteiger partial charge in [0.25, 0.3) is 11.5 Å². The fourth-order valence-corrected chi connectivity index (χ4v) is 3.81. The second-order valence-electron chi connectivity index (χ2n) is 5.18.